The van der Waals surface area contributed by atoms with Gasteiger partial charge in [-0.3, -0.25) is 0 Å². The molecule has 1 aromatic heterocycles. The van der Waals surface area contributed by atoms with Crippen LogP contribution in [-0.4, -0.2) is 54.3 Å². The number of ether oxygens (including phenoxy) is 1. The molecule has 1 aliphatic rings. The largest absolute Gasteiger partial charge is 0.378 e. The van der Waals surface area contributed by atoms with Gasteiger partial charge >= 0.3 is 0 Å². The molecule has 1 fully saturated rings. The van der Waals surface area contributed by atoms with Crippen molar-refractivity contribution in [3.8, 4) is 0 Å². The van der Waals surface area contributed by atoms with Crippen LogP contribution in [0.15, 0.2) is 24.3 Å². The molecule has 1 saturated heterocycles. The van der Waals surface area contributed by atoms with E-state index < -0.39 is 0 Å². The van der Waals surface area contributed by atoms with Gasteiger partial charge in [0.1, 0.15) is 0 Å². The van der Waals surface area contributed by atoms with Gasteiger partial charge in [-0.25, -0.2) is 0 Å². The van der Waals surface area contributed by atoms with Gasteiger partial charge in [-0.2, -0.15) is 15.0 Å². The fourth-order valence-corrected chi connectivity index (χ4v) is 3.10. The van der Waals surface area contributed by atoms with Crippen LogP contribution in [0.3, 0.4) is 0 Å². The lowest BCUT2D eigenvalue weighted by atomic mass is 10.3. The van der Waals surface area contributed by atoms with Gasteiger partial charge in [0.25, 0.3) is 0 Å². The fraction of sp³-hybridized carbons (Fsp3) is 0.526. The summed E-state index contributed by atoms with van der Waals surface area (Å²) >= 11 is 5.98. The zero-order chi connectivity index (χ0) is 19.1. The Hall–Kier alpha value is -2.12. The van der Waals surface area contributed by atoms with E-state index in [9.17, 15) is 0 Å². The molecule has 7 nitrogen and oxygen atoms in total. The first-order chi connectivity index (χ1) is 13.2. The third-order valence-corrected chi connectivity index (χ3v) is 4.53. The minimum Gasteiger partial charge on any atom is -0.378 e. The average molecular weight is 391 g/mol. The molecule has 3 rings (SSSR count). The summed E-state index contributed by atoms with van der Waals surface area (Å²) in [5.41, 5.74) is 0.891. The second-order valence-corrected chi connectivity index (χ2v) is 6.91. The first-order valence-corrected chi connectivity index (χ1v) is 9.93. The van der Waals surface area contributed by atoms with Gasteiger partial charge in [0.15, 0.2) is 0 Å². The Labute approximate surface area is 165 Å². The molecule has 27 heavy (non-hydrogen) atoms. The van der Waals surface area contributed by atoms with E-state index in [0.717, 1.165) is 44.7 Å². The zero-order valence-electron chi connectivity index (χ0n) is 16.0. The molecule has 2 aromatic rings. The third kappa shape index (κ3) is 5.43. The van der Waals surface area contributed by atoms with E-state index >= 15 is 0 Å². The SMILES string of the molecule is CCCN(CCC)c1nc(Nc2ccc(Cl)cc2)nc(N2CCOCC2)n1. The van der Waals surface area contributed by atoms with Crippen LogP contribution < -0.4 is 15.1 Å². The van der Waals surface area contributed by atoms with Gasteiger partial charge in [0.05, 0.1) is 13.2 Å². The van der Waals surface area contributed by atoms with Crippen molar-refractivity contribution in [2.45, 2.75) is 26.7 Å². The van der Waals surface area contributed by atoms with Crippen molar-refractivity contribution in [2.75, 3.05) is 54.5 Å². The standard InChI is InChI=1S/C19H27ClN6O/c1-3-9-25(10-4-2)18-22-17(21-16-7-5-15(20)6-8-16)23-19(24-18)26-11-13-27-14-12-26/h5-8H,3-4,9-14H2,1-2H3,(H,21,22,23,24). The van der Waals surface area contributed by atoms with Gasteiger partial charge in [0, 0.05) is 36.9 Å². The molecular weight excluding hydrogens is 364 g/mol. The van der Waals surface area contributed by atoms with E-state index in [1.807, 2.05) is 24.3 Å². The maximum atomic E-state index is 5.98. The van der Waals surface area contributed by atoms with E-state index in [2.05, 4.69) is 38.9 Å². The number of rotatable bonds is 8. The minimum atomic E-state index is 0.543. The molecule has 8 heteroatoms. The van der Waals surface area contributed by atoms with Gasteiger partial charge in [-0.1, -0.05) is 25.4 Å². The molecule has 1 aliphatic heterocycles. The number of nitrogens with one attached hydrogen (secondary N) is 1. The number of nitrogens with zero attached hydrogens (tertiary/aromatic N) is 5. The lowest BCUT2D eigenvalue weighted by Crippen LogP contribution is -2.38. The number of hydrogen-bond donors (Lipinski definition) is 1. The zero-order valence-corrected chi connectivity index (χ0v) is 16.7. The molecule has 1 aromatic carbocycles. The van der Waals surface area contributed by atoms with Crippen LogP contribution in [0.2, 0.25) is 5.02 Å². The van der Waals surface area contributed by atoms with Crippen molar-refractivity contribution in [1.82, 2.24) is 15.0 Å². The first kappa shape index (κ1) is 19.6. The van der Waals surface area contributed by atoms with Crippen LogP contribution in [0.1, 0.15) is 26.7 Å². The molecule has 0 amide bonds. The lowest BCUT2D eigenvalue weighted by molar-refractivity contribution is 0.122. The van der Waals surface area contributed by atoms with Crippen molar-refractivity contribution in [3.63, 3.8) is 0 Å². The quantitative estimate of drug-likeness (QED) is 0.736. The van der Waals surface area contributed by atoms with Gasteiger partial charge in [-0.05, 0) is 37.1 Å². The molecule has 0 atom stereocenters. The molecule has 0 spiro atoms. The topological polar surface area (TPSA) is 66.4 Å². The third-order valence-electron chi connectivity index (χ3n) is 4.28. The highest BCUT2D eigenvalue weighted by molar-refractivity contribution is 6.30. The highest BCUT2D eigenvalue weighted by Crippen LogP contribution is 2.22. The van der Waals surface area contributed by atoms with Crippen LogP contribution in [-0.2, 0) is 4.74 Å². The molecule has 0 bridgehead atoms. The van der Waals surface area contributed by atoms with Crippen molar-refractivity contribution < 1.29 is 4.74 Å². The summed E-state index contributed by atoms with van der Waals surface area (Å²) in [7, 11) is 0. The second kappa shape index (κ2) is 9.71. The highest BCUT2D eigenvalue weighted by Gasteiger charge is 2.19. The maximum absolute atomic E-state index is 5.98. The van der Waals surface area contributed by atoms with Crippen molar-refractivity contribution in [3.05, 3.63) is 29.3 Å². The predicted molar refractivity (Wildman–Crippen MR) is 110 cm³/mol. The van der Waals surface area contributed by atoms with E-state index in [1.165, 1.54) is 0 Å². The summed E-state index contributed by atoms with van der Waals surface area (Å²) in [6.07, 6.45) is 2.08. The summed E-state index contributed by atoms with van der Waals surface area (Å²) in [6.45, 7) is 9.11. The normalized spacial score (nSPS) is 14.3. The molecule has 0 saturated carbocycles. The van der Waals surface area contributed by atoms with Crippen LogP contribution in [0.5, 0.6) is 0 Å². The predicted octanol–water partition coefficient (Wildman–Crippen LogP) is 3.73. The molecule has 0 unspecified atom stereocenters. The molecular formula is C19H27ClN6O. The molecule has 146 valence electrons. The number of aromatic nitrogens is 3. The van der Waals surface area contributed by atoms with Crippen molar-refractivity contribution >= 4 is 35.1 Å². The summed E-state index contributed by atoms with van der Waals surface area (Å²) in [5.74, 6) is 1.95. The van der Waals surface area contributed by atoms with Gasteiger partial charge in [0.2, 0.25) is 17.8 Å². The first-order valence-electron chi connectivity index (χ1n) is 9.56. The smallest absolute Gasteiger partial charge is 0.233 e. The van der Waals surface area contributed by atoms with Crippen LogP contribution >= 0.6 is 11.6 Å². The summed E-state index contributed by atoms with van der Waals surface area (Å²) in [5, 5.41) is 3.98. The number of anilines is 4. The molecule has 2 heterocycles. The van der Waals surface area contributed by atoms with Crippen LogP contribution in [0, 0.1) is 0 Å². The highest BCUT2D eigenvalue weighted by atomic mass is 35.5. The Kier molecular flexibility index (Phi) is 7.06. The van der Waals surface area contributed by atoms with Crippen molar-refractivity contribution in [1.29, 1.82) is 0 Å². The Balaban J connectivity index is 1.92. The van der Waals surface area contributed by atoms with Crippen LogP contribution in [0.25, 0.3) is 0 Å². The van der Waals surface area contributed by atoms with Crippen LogP contribution in [0.4, 0.5) is 23.5 Å². The second-order valence-electron chi connectivity index (χ2n) is 6.48. The number of morpholine rings is 1. The molecule has 0 aliphatic carbocycles. The van der Waals surface area contributed by atoms with Gasteiger partial charge < -0.3 is 19.9 Å². The average Bonchev–Trinajstić information content (AvgIpc) is 2.70. The maximum Gasteiger partial charge on any atom is 0.233 e. The Bertz CT molecular complexity index is 715. The van der Waals surface area contributed by atoms with E-state index in [0.29, 0.717) is 36.1 Å². The van der Waals surface area contributed by atoms with E-state index in [1.54, 1.807) is 0 Å². The number of benzene rings is 1. The Morgan fingerprint density at radius 2 is 1.70 bits per heavy atom. The summed E-state index contributed by atoms with van der Waals surface area (Å²) in [6, 6.07) is 7.51. The molecule has 0 radical (unpaired) electrons. The van der Waals surface area contributed by atoms with Gasteiger partial charge in [-0.15, -0.1) is 0 Å². The summed E-state index contributed by atoms with van der Waals surface area (Å²) in [4.78, 5) is 18.5. The van der Waals surface area contributed by atoms with Crippen molar-refractivity contribution in [2.24, 2.45) is 0 Å². The Morgan fingerprint density at radius 3 is 2.33 bits per heavy atom. The Morgan fingerprint density at radius 1 is 1.04 bits per heavy atom. The molecule has 1 N–H and O–H groups in total. The minimum absolute atomic E-state index is 0.543. The monoisotopic (exact) mass is 390 g/mol. The lowest BCUT2D eigenvalue weighted by Gasteiger charge is -2.28. The fourth-order valence-electron chi connectivity index (χ4n) is 2.97. The number of hydrogen-bond acceptors (Lipinski definition) is 7. The van der Waals surface area contributed by atoms with E-state index in [4.69, 9.17) is 21.3 Å². The number of halogens is 1. The van der Waals surface area contributed by atoms with E-state index in [-0.39, 0.29) is 0 Å². The summed E-state index contributed by atoms with van der Waals surface area (Å²) < 4.78 is 5.46.